The zero-order valence-corrected chi connectivity index (χ0v) is 11.8. The van der Waals surface area contributed by atoms with Crippen molar-refractivity contribution in [1.29, 1.82) is 0 Å². The fraction of sp³-hybridized carbons (Fsp3) is 1.00. The molecule has 0 saturated heterocycles. The molecule has 0 radical (unpaired) electrons. The maximum absolute atomic E-state index is 2.52. The average Bonchev–Trinajstić information content (AvgIpc) is 2.06. The normalized spacial score (nSPS) is 29.4. The second kappa shape index (κ2) is 4.56. The SMILES string of the molecule is CC1(C)CCCCC(B[PH](C)(C)C)C1. The first kappa shape index (κ1) is 12.6. The summed E-state index contributed by atoms with van der Waals surface area (Å²) in [7, 11) is -0.830. The molecule has 0 aromatic carbocycles. The molecule has 0 nitrogen and oxygen atoms in total. The van der Waals surface area contributed by atoms with Crippen LogP contribution in [0.3, 0.4) is 0 Å². The molecule has 0 amide bonds. The van der Waals surface area contributed by atoms with Crippen LogP contribution in [0.2, 0.25) is 5.82 Å². The van der Waals surface area contributed by atoms with Gasteiger partial charge in [-0.15, -0.1) is 0 Å². The van der Waals surface area contributed by atoms with Gasteiger partial charge >= 0.3 is 91.3 Å². The first-order valence-electron chi connectivity index (χ1n) is 6.29. The second-order valence-electron chi connectivity index (χ2n) is 7.24. The Hall–Kier alpha value is 0.495. The van der Waals surface area contributed by atoms with Crippen LogP contribution in [0.5, 0.6) is 0 Å². The third kappa shape index (κ3) is 4.83. The Kier molecular flexibility index (Phi) is 4.09. The van der Waals surface area contributed by atoms with Gasteiger partial charge in [-0.2, -0.15) is 0 Å². The molecular formula is C12H28BP. The molecule has 1 unspecified atom stereocenters. The summed E-state index contributed by atoms with van der Waals surface area (Å²) in [6.45, 7) is 14.0. The third-order valence-electron chi connectivity index (χ3n) is 3.46. The fourth-order valence-corrected chi connectivity index (χ4v) is 5.14. The van der Waals surface area contributed by atoms with Crippen LogP contribution in [-0.4, -0.2) is 27.0 Å². The molecule has 84 valence electrons. The zero-order valence-electron chi connectivity index (χ0n) is 10.8. The summed E-state index contributed by atoms with van der Waals surface area (Å²) in [5.74, 6) is 1.04. The summed E-state index contributed by atoms with van der Waals surface area (Å²) in [6, 6.07) is 0. The van der Waals surface area contributed by atoms with Crippen LogP contribution in [0.1, 0.15) is 46.0 Å². The van der Waals surface area contributed by atoms with Crippen LogP contribution in [0.25, 0.3) is 0 Å². The number of rotatable bonds is 2. The van der Waals surface area contributed by atoms with Crippen molar-refractivity contribution >= 4 is 14.1 Å². The molecule has 0 aliphatic heterocycles. The second-order valence-corrected chi connectivity index (χ2v) is 12.8. The van der Waals surface area contributed by atoms with E-state index < -0.39 is 7.14 Å². The zero-order chi connectivity index (χ0) is 10.8. The summed E-state index contributed by atoms with van der Waals surface area (Å²) < 4.78 is 0. The van der Waals surface area contributed by atoms with Gasteiger partial charge in [0.1, 0.15) is 0 Å². The molecule has 1 saturated carbocycles. The van der Waals surface area contributed by atoms with E-state index in [9.17, 15) is 0 Å². The topological polar surface area (TPSA) is 0 Å². The molecule has 0 spiro atoms. The summed E-state index contributed by atoms with van der Waals surface area (Å²) in [5.41, 5.74) is 0.626. The molecule has 1 rings (SSSR count). The Morgan fingerprint density at radius 2 is 1.79 bits per heavy atom. The molecular weight excluding hydrogens is 186 g/mol. The van der Waals surface area contributed by atoms with Crippen molar-refractivity contribution in [3.8, 4) is 0 Å². The van der Waals surface area contributed by atoms with E-state index in [0.29, 0.717) is 5.41 Å². The van der Waals surface area contributed by atoms with Crippen LogP contribution in [0.4, 0.5) is 0 Å². The fourth-order valence-electron chi connectivity index (χ4n) is 3.06. The van der Waals surface area contributed by atoms with Crippen molar-refractivity contribution in [2.75, 3.05) is 20.0 Å². The Balaban J connectivity index is 2.52. The van der Waals surface area contributed by atoms with Gasteiger partial charge < -0.3 is 0 Å². The molecule has 0 heterocycles. The molecule has 0 N–H and O–H groups in total. The van der Waals surface area contributed by atoms with E-state index in [1.165, 1.54) is 32.1 Å². The van der Waals surface area contributed by atoms with Gasteiger partial charge in [0.15, 0.2) is 0 Å². The van der Waals surface area contributed by atoms with Gasteiger partial charge in [0.25, 0.3) is 0 Å². The van der Waals surface area contributed by atoms with Crippen molar-refractivity contribution in [3.05, 3.63) is 0 Å². The number of hydrogen-bond donors (Lipinski definition) is 0. The molecule has 2 heteroatoms. The Morgan fingerprint density at radius 3 is 2.36 bits per heavy atom. The van der Waals surface area contributed by atoms with E-state index in [1.807, 2.05) is 0 Å². The molecule has 1 fully saturated rings. The standard InChI is InChI=1S/C12H28BP/c1-12(2)9-7-6-8-11(10-12)13-14(3,4)5/h11,13-14H,6-10H2,1-5H3. The average molecular weight is 214 g/mol. The summed E-state index contributed by atoms with van der Waals surface area (Å²) in [5, 5.41) is 0. The molecule has 1 atom stereocenters. The number of hydrogen-bond acceptors (Lipinski definition) is 0. The van der Waals surface area contributed by atoms with Gasteiger partial charge in [-0.25, -0.2) is 0 Å². The Labute approximate surface area is 91.8 Å². The summed E-state index contributed by atoms with van der Waals surface area (Å²) >= 11 is 0. The first-order chi connectivity index (χ1) is 6.29. The maximum atomic E-state index is 2.52. The van der Waals surface area contributed by atoms with Gasteiger partial charge in [-0.05, 0) is 0 Å². The van der Waals surface area contributed by atoms with E-state index in [4.69, 9.17) is 0 Å². The van der Waals surface area contributed by atoms with Crippen LogP contribution in [0, 0.1) is 5.41 Å². The molecule has 1 aliphatic carbocycles. The van der Waals surface area contributed by atoms with E-state index in [2.05, 4.69) is 33.8 Å². The van der Waals surface area contributed by atoms with Gasteiger partial charge in [-0.3, -0.25) is 0 Å². The Morgan fingerprint density at radius 1 is 1.14 bits per heavy atom. The van der Waals surface area contributed by atoms with Crippen LogP contribution < -0.4 is 0 Å². The summed E-state index contributed by atoms with van der Waals surface area (Å²) in [4.78, 5) is 0. The van der Waals surface area contributed by atoms with E-state index in [1.54, 1.807) is 7.00 Å². The van der Waals surface area contributed by atoms with Crippen molar-refractivity contribution in [1.82, 2.24) is 0 Å². The van der Waals surface area contributed by atoms with Crippen molar-refractivity contribution in [2.45, 2.75) is 51.8 Å². The monoisotopic (exact) mass is 214 g/mol. The molecule has 0 aromatic heterocycles. The van der Waals surface area contributed by atoms with Crippen molar-refractivity contribution < 1.29 is 0 Å². The quantitative estimate of drug-likeness (QED) is 0.373. The Bertz CT molecular complexity index is 181. The van der Waals surface area contributed by atoms with Gasteiger partial charge in [-0.1, -0.05) is 0 Å². The predicted octanol–water partition coefficient (Wildman–Crippen LogP) is 3.76. The van der Waals surface area contributed by atoms with Gasteiger partial charge in [0, 0.05) is 0 Å². The molecule has 0 bridgehead atoms. The minimum atomic E-state index is -0.830. The van der Waals surface area contributed by atoms with Crippen LogP contribution in [-0.2, 0) is 0 Å². The first-order valence-corrected chi connectivity index (χ1v) is 9.99. The minimum absolute atomic E-state index is 0.626. The molecule has 1 aliphatic rings. The van der Waals surface area contributed by atoms with Gasteiger partial charge in [0.2, 0.25) is 0 Å². The van der Waals surface area contributed by atoms with Crippen molar-refractivity contribution in [3.63, 3.8) is 0 Å². The molecule has 14 heavy (non-hydrogen) atoms. The van der Waals surface area contributed by atoms with Crippen molar-refractivity contribution in [2.24, 2.45) is 5.41 Å². The van der Waals surface area contributed by atoms with E-state index >= 15 is 0 Å². The van der Waals surface area contributed by atoms with E-state index in [-0.39, 0.29) is 0 Å². The van der Waals surface area contributed by atoms with Crippen LogP contribution in [0.15, 0.2) is 0 Å². The third-order valence-corrected chi connectivity index (χ3v) is 5.26. The van der Waals surface area contributed by atoms with Gasteiger partial charge in [0.05, 0.1) is 0 Å². The predicted molar refractivity (Wildman–Crippen MR) is 73.9 cm³/mol. The molecule has 0 aromatic rings. The van der Waals surface area contributed by atoms with Crippen LogP contribution >= 0.6 is 7.14 Å². The van der Waals surface area contributed by atoms with E-state index in [0.717, 1.165) is 5.82 Å². The summed E-state index contributed by atoms with van der Waals surface area (Å²) in [6.07, 6.45) is 7.40.